The van der Waals surface area contributed by atoms with Gasteiger partial charge in [0.15, 0.2) is 5.69 Å². The largest absolute Gasteiger partial charge is 0.507 e. The Kier molecular flexibility index (Phi) is 16.3. The molecule has 5 N–H and O–H groups in total. The molecule has 1 aliphatic rings. The van der Waals surface area contributed by atoms with E-state index in [-0.39, 0.29) is 48.2 Å². The van der Waals surface area contributed by atoms with Crippen molar-refractivity contribution in [1.29, 1.82) is 0 Å². The Labute approximate surface area is 298 Å². The maximum Gasteiger partial charge on any atom is 0.328 e. The van der Waals surface area contributed by atoms with E-state index in [9.17, 15) is 39.5 Å². The molecule has 3 rings (SSSR count). The zero-order chi connectivity index (χ0) is 37.5. The number of ether oxygens (including phenoxy) is 1. The number of phenols is 1. The first-order valence-electron chi connectivity index (χ1n) is 17.9. The molecule has 1 aliphatic heterocycles. The predicted molar refractivity (Wildman–Crippen MR) is 184 cm³/mol. The molecule has 282 valence electrons. The normalized spacial score (nSPS) is 16.5. The Morgan fingerprint density at radius 1 is 1.08 bits per heavy atom. The van der Waals surface area contributed by atoms with Gasteiger partial charge in [0, 0.05) is 20.0 Å². The third kappa shape index (κ3) is 12.3. The highest BCUT2D eigenvalue weighted by molar-refractivity contribution is 5.96. The molecule has 1 aromatic carbocycles. The molecule has 4 amide bonds. The molecule has 0 radical (unpaired) electrons. The summed E-state index contributed by atoms with van der Waals surface area (Å²) in [6, 6.07) is 4.24. The zero-order valence-corrected chi connectivity index (χ0v) is 30.1. The lowest BCUT2D eigenvalue weighted by atomic mass is 9.96. The number of nitrogens with zero attached hydrogens (tertiary/aromatic N) is 3. The Morgan fingerprint density at radius 2 is 1.78 bits per heavy atom. The first-order chi connectivity index (χ1) is 24.3. The van der Waals surface area contributed by atoms with Crippen LogP contribution < -0.4 is 10.6 Å². The van der Waals surface area contributed by atoms with Crippen LogP contribution in [-0.2, 0) is 23.9 Å². The van der Waals surface area contributed by atoms with Gasteiger partial charge in [-0.25, -0.2) is 19.9 Å². The quantitative estimate of drug-likeness (QED) is 0.0584. The number of hydrogen-bond acceptors (Lipinski definition) is 11. The van der Waals surface area contributed by atoms with E-state index < -0.39 is 53.7 Å². The minimum atomic E-state index is -1.20. The number of aromatic nitrogens is 1. The molecular weight excluding hydrogens is 662 g/mol. The van der Waals surface area contributed by atoms with Crippen molar-refractivity contribution in [2.75, 3.05) is 13.1 Å². The van der Waals surface area contributed by atoms with E-state index in [0.29, 0.717) is 55.1 Å². The van der Waals surface area contributed by atoms with Gasteiger partial charge in [0.05, 0.1) is 11.5 Å². The smallest absolute Gasteiger partial charge is 0.328 e. The SMILES string of the molecule is CCCCCCCC(OC(=O)C(CCCCN(O)C(C)=O)NC(=O)c1nc(-c2ccccc2O)oc1C)C(C)C(=O)NC1CCCCN(O)C1=O. The summed E-state index contributed by atoms with van der Waals surface area (Å²) in [5.74, 6) is -3.93. The molecule has 1 aromatic heterocycles. The van der Waals surface area contributed by atoms with Crippen LogP contribution in [0.15, 0.2) is 28.7 Å². The van der Waals surface area contributed by atoms with Crippen molar-refractivity contribution in [3.05, 3.63) is 35.7 Å². The fourth-order valence-electron chi connectivity index (χ4n) is 5.84. The van der Waals surface area contributed by atoms with E-state index in [0.717, 1.165) is 25.7 Å². The summed E-state index contributed by atoms with van der Waals surface area (Å²) in [4.78, 5) is 69.2. The van der Waals surface area contributed by atoms with Crippen LogP contribution in [0.3, 0.4) is 0 Å². The highest BCUT2D eigenvalue weighted by Crippen LogP contribution is 2.29. The minimum Gasteiger partial charge on any atom is -0.507 e. The Hall–Kier alpha value is -4.50. The summed E-state index contributed by atoms with van der Waals surface area (Å²) in [7, 11) is 0. The van der Waals surface area contributed by atoms with E-state index in [4.69, 9.17) is 9.15 Å². The molecular formula is C36H53N5O10. The van der Waals surface area contributed by atoms with Crippen molar-refractivity contribution >= 4 is 29.6 Å². The van der Waals surface area contributed by atoms with E-state index >= 15 is 0 Å². The summed E-state index contributed by atoms with van der Waals surface area (Å²) in [6.45, 7) is 6.65. The molecule has 4 unspecified atom stereocenters. The van der Waals surface area contributed by atoms with Crippen molar-refractivity contribution in [3.63, 3.8) is 0 Å². The van der Waals surface area contributed by atoms with Crippen LogP contribution >= 0.6 is 0 Å². The lowest BCUT2D eigenvalue weighted by molar-refractivity contribution is -0.167. The molecule has 2 aromatic rings. The van der Waals surface area contributed by atoms with Crippen LogP contribution in [-0.4, -0.2) is 91.5 Å². The zero-order valence-electron chi connectivity index (χ0n) is 30.1. The summed E-state index contributed by atoms with van der Waals surface area (Å²) in [5.41, 5.74) is 0.177. The topological polar surface area (TPSA) is 212 Å². The Morgan fingerprint density at radius 3 is 2.49 bits per heavy atom. The number of esters is 1. The molecule has 0 bridgehead atoms. The third-order valence-corrected chi connectivity index (χ3v) is 9.02. The fourth-order valence-corrected chi connectivity index (χ4v) is 5.84. The van der Waals surface area contributed by atoms with Crippen LogP contribution in [0.1, 0.15) is 114 Å². The van der Waals surface area contributed by atoms with Crippen molar-refractivity contribution in [2.45, 2.75) is 123 Å². The van der Waals surface area contributed by atoms with Gasteiger partial charge in [0.2, 0.25) is 17.7 Å². The highest BCUT2D eigenvalue weighted by atomic mass is 16.5. The number of rotatable bonds is 19. The Bertz CT molecular complexity index is 1480. The summed E-state index contributed by atoms with van der Waals surface area (Å²) >= 11 is 0. The molecule has 15 nitrogen and oxygen atoms in total. The number of para-hydroxylation sites is 1. The summed E-state index contributed by atoms with van der Waals surface area (Å²) < 4.78 is 11.7. The number of hydrogen-bond donors (Lipinski definition) is 5. The van der Waals surface area contributed by atoms with Crippen LogP contribution in [0.4, 0.5) is 0 Å². The standard InChI is InChI=1S/C36H53N5O10/c1-5-6-7-8-9-20-30(23(2)32(44)37-27-17-12-15-22-41(49)35(27)46)51-36(47)28(18-13-14-21-40(48)25(4)42)38-33(45)31-24(3)50-34(39-31)26-16-10-11-19-29(26)43/h10-11,16,19,23,27-28,30,43,48-49H,5-9,12-15,17-18,20-22H2,1-4H3,(H,37,44)(H,38,45). The molecule has 0 aliphatic carbocycles. The van der Waals surface area contributed by atoms with Crippen molar-refractivity contribution in [2.24, 2.45) is 5.92 Å². The molecule has 1 fully saturated rings. The molecule has 51 heavy (non-hydrogen) atoms. The van der Waals surface area contributed by atoms with Crippen LogP contribution in [0.25, 0.3) is 11.5 Å². The van der Waals surface area contributed by atoms with Crippen molar-refractivity contribution in [1.82, 2.24) is 25.7 Å². The van der Waals surface area contributed by atoms with Gasteiger partial charge in [-0.2, -0.15) is 0 Å². The lowest BCUT2D eigenvalue weighted by Gasteiger charge is -2.28. The number of nitrogens with one attached hydrogen (secondary N) is 2. The van der Waals surface area contributed by atoms with Crippen molar-refractivity contribution < 1.29 is 48.6 Å². The van der Waals surface area contributed by atoms with Crippen molar-refractivity contribution in [3.8, 4) is 17.2 Å². The van der Waals surface area contributed by atoms with Gasteiger partial charge < -0.3 is 24.9 Å². The second-order valence-corrected chi connectivity index (χ2v) is 13.1. The van der Waals surface area contributed by atoms with E-state index in [2.05, 4.69) is 22.5 Å². The number of amides is 4. The first kappa shape index (κ1) is 40.9. The second kappa shape index (κ2) is 20.4. The van der Waals surface area contributed by atoms with Crippen LogP contribution in [0.5, 0.6) is 5.75 Å². The summed E-state index contributed by atoms with van der Waals surface area (Å²) in [6.07, 6.45) is 6.35. The average molecular weight is 716 g/mol. The van der Waals surface area contributed by atoms with Gasteiger partial charge in [0.25, 0.3) is 11.8 Å². The van der Waals surface area contributed by atoms with Crippen LogP contribution in [0.2, 0.25) is 0 Å². The van der Waals surface area contributed by atoms with Gasteiger partial charge in [-0.3, -0.25) is 29.6 Å². The maximum atomic E-state index is 13.9. The second-order valence-electron chi connectivity index (χ2n) is 13.1. The maximum absolute atomic E-state index is 13.9. The Balaban J connectivity index is 1.81. The number of oxazole rings is 1. The number of unbranched alkanes of at least 4 members (excludes halogenated alkanes) is 5. The number of aromatic hydroxyl groups is 1. The van der Waals surface area contributed by atoms with Crippen LogP contribution in [0, 0.1) is 12.8 Å². The number of hydroxylamine groups is 4. The fraction of sp³-hybridized carbons (Fsp3) is 0.611. The van der Waals surface area contributed by atoms with E-state index in [1.54, 1.807) is 25.1 Å². The number of phenolic OH excluding ortho intramolecular Hbond substituents is 1. The molecule has 15 heteroatoms. The monoisotopic (exact) mass is 715 g/mol. The number of benzene rings is 1. The molecule has 4 atom stereocenters. The van der Waals surface area contributed by atoms with Gasteiger partial charge in [-0.1, -0.05) is 51.7 Å². The van der Waals surface area contributed by atoms with E-state index in [1.807, 2.05) is 0 Å². The lowest BCUT2D eigenvalue weighted by Crippen LogP contribution is -2.50. The number of carbonyl (C=O) groups excluding carboxylic acids is 5. The average Bonchev–Trinajstić information content (AvgIpc) is 3.42. The number of aryl methyl sites for hydroxylation is 1. The summed E-state index contributed by atoms with van der Waals surface area (Å²) in [5, 5.41) is 36.7. The predicted octanol–water partition coefficient (Wildman–Crippen LogP) is 4.66. The van der Waals surface area contributed by atoms with E-state index in [1.165, 1.54) is 19.9 Å². The molecule has 0 saturated carbocycles. The molecule has 2 heterocycles. The molecule has 1 saturated heterocycles. The van der Waals surface area contributed by atoms with Gasteiger partial charge in [-0.15, -0.1) is 0 Å². The number of carbonyl (C=O) groups is 5. The first-order valence-corrected chi connectivity index (χ1v) is 17.9. The molecule has 0 spiro atoms. The van der Waals surface area contributed by atoms with Gasteiger partial charge in [0.1, 0.15) is 29.7 Å². The van der Waals surface area contributed by atoms with Gasteiger partial charge in [-0.05, 0) is 70.4 Å². The third-order valence-electron chi connectivity index (χ3n) is 9.02. The highest BCUT2D eigenvalue weighted by Gasteiger charge is 2.35. The minimum absolute atomic E-state index is 0.0140. The van der Waals surface area contributed by atoms with Gasteiger partial charge >= 0.3 is 5.97 Å².